The molecular formula is C46H60F2O4Si2. The van der Waals surface area contributed by atoms with Crippen LogP contribution in [-0.2, 0) is 47.7 Å². The van der Waals surface area contributed by atoms with Crippen LogP contribution in [-0.4, -0.2) is 29.8 Å². The lowest BCUT2D eigenvalue weighted by Gasteiger charge is -2.37. The van der Waals surface area contributed by atoms with Crippen LogP contribution in [0.4, 0.5) is 8.78 Å². The molecule has 2 aliphatic rings. The first kappa shape index (κ1) is 40.4. The maximum absolute atomic E-state index is 15.7. The van der Waals surface area contributed by atoms with Crippen molar-refractivity contribution >= 4 is 16.6 Å². The normalized spacial score (nSPS) is 17.4. The zero-order valence-corrected chi connectivity index (χ0v) is 36.1. The summed E-state index contributed by atoms with van der Waals surface area (Å²) >= 11 is 0. The van der Waals surface area contributed by atoms with Crippen molar-refractivity contribution in [1.82, 2.24) is 0 Å². The second kappa shape index (κ2) is 15.7. The van der Waals surface area contributed by atoms with Crippen molar-refractivity contribution in [2.24, 2.45) is 11.8 Å². The minimum absolute atomic E-state index is 0.148. The third kappa shape index (κ3) is 9.21. The average molecular weight is 771 g/mol. The van der Waals surface area contributed by atoms with Crippen molar-refractivity contribution in [1.29, 1.82) is 0 Å². The van der Waals surface area contributed by atoms with Crippen LogP contribution < -0.4 is 9.47 Å². The topological polar surface area (TPSA) is 36.9 Å². The predicted octanol–water partition coefficient (Wildman–Crippen LogP) is 12.3. The van der Waals surface area contributed by atoms with E-state index in [1.165, 1.54) is 6.07 Å². The predicted molar refractivity (Wildman–Crippen MR) is 221 cm³/mol. The highest BCUT2D eigenvalue weighted by atomic mass is 28.4. The van der Waals surface area contributed by atoms with E-state index in [-0.39, 0.29) is 40.2 Å². The van der Waals surface area contributed by atoms with Crippen LogP contribution in [0.25, 0.3) is 11.1 Å². The van der Waals surface area contributed by atoms with Crippen molar-refractivity contribution in [2.45, 2.75) is 117 Å². The lowest BCUT2D eigenvalue weighted by atomic mass is 10.0. The summed E-state index contributed by atoms with van der Waals surface area (Å²) in [6, 6.07) is 23.7. The monoisotopic (exact) mass is 770 g/mol. The second-order valence-electron chi connectivity index (χ2n) is 18.7. The van der Waals surface area contributed by atoms with Gasteiger partial charge in [-0.25, -0.2) is 8.78 Å². The molecule has 0 spiro atoms. The van der Waals surface area contributed by atoms with Gasteiger partial charge in [0.2, 0.25) is 0 Å². The van der Waals surface area contributed by atoms with Gasteiger partial charge in [-0.3, -0.25) is 0 Å². The van der Waals surface area contributed by atoms with Crippen molar-refractivity contribution in [3.63, 3.8) is 0 Å². The maximum atomic E-state index is 15.7. The molecule has 0 fully saturated rings. The summed E-state index contributed by atoms with van der Waals surface area (Å²) < 4.78 is 56.2. The van der Waals surface area contributed by atoms with Gasteiger partial charge in [0.05, 0.1) is 0 Å². The summed E-state index contributed by atoms with van der Waals surface area (Å²) in [4.78, 5) is 0. The number of rotatable bonds is 13. The molecule has 0 N–H and O–H groups in total. The third-order valence-electron chi connectivity index (χ3n) is 12.5. The van der Waals surface area contributed by atoms with Crippen LogP contribution in [0.2, 0.25) is 36.3 Å². The molecule has 0 radical (unpaired) electrons. The van der Waals surface area contributed by atoms with Gasteiger partial charge in [0.15, 0.2) is 28.2 Å². The van der Waals surface area contributed by atoms with Gasteiger partial charge in [-0.05, 0) is 143 Å². The minimum Gasteiger partial charge on any atom is -0.489 e. The molecule has 0 aliphatic heterocycles. The lowest BCUT2D eigenvalue weighted by Crippen LogP contribution is -2.42. The van der Waals surface area contributed by atoms with Gasteiger partial charge in [-0.1, -0.05) is 84.0 Å². The molecule has 2 aliphatic carbocycles. The Morgan fingerprint density at radius 2 is 1.11 bits per heavy atom. The SMILES string of the molecule is CC(C)(C)[Si](C)(C)OCC1Cc2cc(OCc3cccc(-c4cccc(COc5ccc6c(c5F)CC(CO[Si](C)(C)C(C)(C)C)C6)c4)c3)cc(F)c2C1. The van der Waals surface area contributed by atoms with Crippen LogP contribution in [0.3, 0.4) is 0 Å². The number of benzene rings is 4. The van der Waals surface area contributed by atoms with Gasteiger partial charge in [0.25, 0.3) is 0 Å². The fourth-order valence-electron chi connectivity index (χ4n) is 7.00. The largest absolute Gasteiger partial charge is 0.489 e. The molecule has 0 saturated heterocycles. The van der Waals surface area contributed by atoms with Gasteiger partial charge in [0.1, 0.15) is 24.8 Å². The van der Waals surface area contributed by atoms with E-state index >= 15 is 8.78 Å². The summed E-state index contributed by atoms with van der Waals surface area (Å²) in [6.45, 7) is 24.5. The number of ether oxygens (including phenoxy) is 2. The fourth-order valence-corrected chi connectivity index (χ4v) is 9.17. The zero-order chi connectivity index (χ0) is 39.1. The molecule has 6 rings (SSSR count). The molecule has 4 aromatic rings. The molecular weight excluding hydrogens is 711 g/mol. The van der Waals surface area contributed by atoms with Gasteiger partial charge < -0.3 is 18.3 Å². The Morgan fingerprint density at radius 3 is 1.67 bits per heavy atom. The Morgan fingerprint density at radius 1 is 0.593 bits per heavy atom. The van der Waals surface area contributed by atoms with Gasteiger partial charge in [0, 0.05) is 19.3 Å². The Hall–Kier alpha value is -3.31. The van der Waals surface area contributed by atoms with E-state index in [9.17, 15) is 0 Å². The number of hydrogen-bond donors (Lipinski definition) is 0. The highest BCUT2D eigenvalue weighted by Crippen LogP contribution is 2.40. The van der Waals surface area contributed by atoms with E-state index in [0.717, 1.165) is 57.3 Å². The Kier molecular flexibility index (Phi) is 11.7. The molecule has 0 amide bonds. The van der Waals surface area contributed by atoms with Crippen LogP contribution in [0.1, 0.15) is 74.9 Å². The molecule has 2 atom stereocenters. The van der Waals surface area contributed by atoms with E-state index in [1.54, 1.807) is 6.07 Å². The minimum atomic E-state index is -1.86. The second-order valence-corrected chi connectivity index (χ2v) is 28.3. The Bertz CT molecular complexity index is 1960. The molecule has 4 aromatic carbocycles. The summed E-state index contributed by atoms with van der Waals surface area (Å²) in [5.41, 5.74) is 7.67. The third-order valence-corrected chi connectivity index (χ3v) is 21.5. The molecule has 0 aromatic heterocycles. The van der Waals surface area contributed by atoms with E-state index in [0.29, 0.717) is 44.2 Å². The van der Waals surface area contributed by atoms with Crippen molar-refractivity contribution in [3.05, 3.63) is 118 Å². The van der Waals surface area contributed by atoms with Gasteiger partial charge in [-0.15, -0.1) is 0 Å². The maximum Gasteiger partial charge on any atom is 0.191 e. The van der Waals surface area contributed by atoms with Gasteiger partial charge in [-0.2, -0.15) is 0 Å². The Labute approximate surface area is 324 Å². The number of halogens is 2. The molecule has 4 nitrogen and oxygen atoms in total. The van der Waals surface area contributed by atoms with Crippen molar-refractivity contribution < 1.29 is 27.1 Å². The van der Waals surface area contributed by atoms with Crippen molar-refractivity contribution in [3.8, 4) is 22.6 Å². The van der Waals surface area contributed by atoms with Crippen LogP contribution >= 0.6 is 0 Å². The Balaban J connectivity index is 1.04. The summed E-state index contributed by atoms with van der Waals surface area (Å²) in [6.07, 6.45) is 3.03. The molecule has 0 heterocycles. The summed E-state index contributed by atoms with van der Waals surface area (Å²) in [5.74, 6) is 0.982. The number of fused-ring (bicyclic) bond motifs is 2. The molecule has 0 bridgehead atoms. The molecule has 2 unspecified atom stereocenters. The highest BCUT2D eigenvalue weighted by molar-refractivity contribution is 6.74. The van der Waals surface area contributed by atoms with E-state index in [1.807, 2.05) is 36.4 Å². The summed E-state index contributed by atoms with van der Waals surface area (Å²) in [5, 5.41) is 0.297. The first-order chi connectivity index (χ1) is 25.3. The first-order valence-electron chi connectivity index (χ1n) is 19.6. The lowest BCUT2D eigenvalue weighted by molar-refractivity contribution is 0.232. The number of hydrogen-bond acceptors (Lipinski definition) is 4. The zero-order valence-electron chi connectivity index (χ0n) is 34.1. The standard InChI is InChI=1S/C46H60F2O4Si2/c1-45(2,3)53(7,8)51-29-33-21-37-17-18-43(44(48)41(37)24-33)50-28-32-14-12-16-36(20-32)35-15-11-13-31(19-35)27-49-39-25-38-22-34(23-40(38)42(47)26-39)30-52-54(9,10)46(4,5)6/h11-20,25-26,33-34H,21-24,27-30H2,1-10H3. The van der Waals surface area contributed by atoms with E-state index < -0.39 is 16.6 Å². The fraction of sp³-hybridized carbons (Fsp3) is 0.478. The smallest absolute Gasteiger partial charge is 0.191 e. The van der Waals surface area contributed by atoms with Gasteiger partial charge >= 0.3 is 0 Å². The van der Waals surface area contributed by atoms with E-state index in [2.05, 4.69) is 92.0 Å². The molecule has 290 valence electrons. The molecule has 8 heteroatoms. The van der Waals surface area contributed by atoms with Crippen molar-refractivity contribution in [2.75, 3.05) is 13.2 Å². The van der Waals surface area contributed by atoms with E-state index in [4.69, 9.17) is 18.3 Å². The average Bonchev–Trinajstić information content (AvgIpc) is 3.73. The quantitative estimate of drug-likeness (QED) is 0.127. The van der Waals surface area contributed by atoms with Crippen LogP contribution in [0.5, 0.6) is 11.5 Å². The van der Waals surface area contributed by atoms with Crippen LogP contribution in [0, 0.1) is 23.5 Å². The van der Waals surface area contributed by atoms with Crippen LogP contribution in [0.15, 0.2) is 72.8 Å². The first-order valence-corrected chi connectivity index (χ1v) is 25.4. The summed E-state index contributed by atoms with van der Waals surface area (Å²) in [7, 11) is -3.72. The molecule has 54 heavy (non-hydrogen) atoms. The highest BCUT2D eigenvalue weighted by Gasteiger charge is 2.39. The molecule has 0 saturated carbocycles.